The van der Waals surface area contributed by atoms with Gasteiger partial charge in [-0.1, -0.05) is 41.5 Å². The van der Waals surface area contributed by atoms with E-state index in [9.17, 15) is 15.0 Å². The van der Waals surface area contributed by atoms with Crippen LogP contribution in [0.1, 0.15) is 68.7 Å². The van der Waals surface area contributed by atoms with Gasteiger partial charge < -0.3 is 24.4 Å². The molecule has 0 aromatic heterocycles. The summed E-state index contributed by atoms with van der Waals surface area (Å²) in [5.74, 6) is -1.13. The second-order valence-electron chi connectivity index (χ2n) is 9.64. The molecule has 28 heavy (non-hydrogen) atoms. The Morgan fingerprint density at radius 2 is 1.54 bits per heavy atom. The van der Waals surface area contributed by atoms with Crippen LogP contribution in [0.15, 0.2) is 12.1 Å². The maximum absolute atomic E-state index is 13.1. The van der Waals surface area contributed by atoms with Crippen LogP contribution in [0.2, 0.25) is 0 Å². The van der Waals surface area contributed by atoms with Gasteiger partial charge in [0.2, 0.25) is 5.75 Å². The summed E-state index contributed by atoms with van der Waals surface area (Å²) in [5, 5.41) is 20.4. The summed E-state index contributed by atoms with van der Waals surface area (Å²) >= 11 is 0. The molecule has 6 heteroatoms. The lowest BCUT2D eigenvalue weighted by atomic mass is 9.61. The Hall–Kier alpha value is -1.95. The molecule has 2 unspecified atom stereocenters. The van der Waals surface area contributed by atoms with Gasteiger partial charge in [0, 0.05) is 18.7 Å². The molecule has 2 N–H and O–H groups in total. The molecular formula is C22H36O6. The van der Waals surface area contributed by atoms with E-state index in [1.165, 1.54) is 12.1 Å². The van der Waals surface area contributed by atoms with Crippen molar-refractivity contribution in [2.24, 2.45) is 16.2 Å². The van der Waals surface area contributed by atoms with Gasteiger partial charge in [0.05, 0.1) is 5.41 Å². The molecule has 0 bridgehead atoms. The van der Waals surface area contributed by atoms with Crippen molar-refractivity contribution in [1.29, 1.82) is 0 Å². The fourth-order valence-electron chi connectivity index (χ4n) is 3.11. The normalized spacial score (nSPS) is 15.6. The van der Waals surface area contributed by atoms with E-state index in [1.807, 2.05) is 34.6 Å². The Morgan fingerprint density at radius 1 is 1.04 bits per heavy atom. The maximum Gasteiger partial charge on any atom is 0.317 e. The van der Waals surface area contributed by atoms with Crippen molar-refractivity contribution < 1.29 is 29.2 Å². The van der Waals surface area contributed by atoms with E-state index < -0.39 is 17.7 Å². The van der Waals surface area contributed by atoms with Gasteiger partial charge in [-0.05, 0) is 38.0 Å². The molecule has 1 aromatic carbocycles. The van der Waals surface area contributed by atoms with Crippen molar-refractivity contribution in [3.63, 3.8) is 0 Å². The Balaban J connectivity index is 3.13. The summed E-state index contributed by atoms with van der Waals surface area (Å²) < 4.78 is 16.2. The molecule has 0 radical (unpaired) electrons. The molecule has 0 amide bonds. The van der Waals surface area contributed by atoms with Gasteiger partial charge in [0.25, 0.3) is 0 Å². The molecule has 0 aliphatic heterocycles. The zero-order valence-electron chi connectivity index (χ0n) is 18.7. The van der Waals surface area contributed by atoms with E-state index in [2.05, 4.69) is 20.8 Å². The Morgan fingerprint density at radius 3 is 1.93 bits per heavy atom. The summed E-state index contributed by atoms with van der Waals surface area (Å²) in [4.78, 5) is 13.1. The molecule has 0 saturated heterocycles. The van der Waals surface area contributed by atoms with Gasteiger partial charge in [0.15, 0.2) is 17.8 Å². The average molecular weight is 397 g/mol. The van der Waals surface area contributed by atoms with E-state index in [0.717, 1.165) is 0 Å². The molecule has 160 valence electrons. The Labute approximate surface area is 168 Å². The average Bonchev–Trinajstić information content (AvgIpc) is 2.48. The highest BCUT2D eigenvalue weighted by atomic mass is 16.7. The lowest BCUT2D eigenvalue weighted by Gasteiger charge is -2.43. The zero-order chi connectivity index (χ0) is 21.9. The van der Waals surface area contributed by atoms with Crippen molar-refractivity contribution in [1.82, 2.24) is 0 Å². The first kappa shape index (κ1) is 24.1. The molecule has 0 saturated carbocycles. The van der Waals surface area contributed by atoms with Crippen LogP contribution in [0.5, 0.6) is 23.0 Å². The number of phenolic OH excluding ortho intramolecular Hbond substituents is 2. The molecule has 0 fully saturated rings. The van der Waals surface area contributed by atoms with Crippen molar-refractivity contribution in [2.75, 3.05) is 6.61 Å². The molecule has 0 heterocycles. The van der Waals surface area contributed by atoms with Crippen molar-refractivity contribution in [2.45, 2.75) is 75.0 Å². The first-order valence-electron chi connectivity index (χ1n) is 9.67. The van der Waals surface area contributed by atoms with E-state index in [-0.39, 0.29) is 33.8 Å². The number of hydrogen-bond acceptors (Lipinski definition) is 6. The Bertz CT molecular complexity index is 660. The standard InChI is InChI=1S/C22H36O6/c1-10-26-14(2)27-18-16(23)11-15(12-17(18)24)28-19(25)22(9,21(6,7)8)13-20(3,4)5/h11-12,14,23-24H,10,13H2,1-9H3. The van der Waals surface area contributed by atoms with Crippen LogP contribution in [0, 0.1) is 16.2 Å². The highest BCUT2D eigenvalue weighted by molar-refractivity contribution is 5.80. The van der Waals surface area contributed by atoms with Crippen LogP contribution in [0.25, 0.3) is 0 Å². The van der Waals surface area contributed by atoms with Crippen molar-refractivity contribution in [3.05, 3.63) is 12.1 Å². The van der Waals surface area contributed by atoms with Crippen LogP contribution >= 0.6 is 0 Å². The third-order valence-electron chi connectivity index (χ3n) is 4.91. The minimum Gasteiger partial charge on any atom is -0.504 e. The second kappa shape index (κ2) is 8.60. The molecule has 0 aliphatic carbocycles. The minimum atomic E-state index is -0.769. The molecule has 0 aliphatic rings. The SMILES string of the molecule is CCOC(C)Oc1c(O)cc(OC(=O)C(C)(CC(C)(C)C)C(C)(C)C)cc1O. The minimum absolute atomic E-state index is 0.0563. The maximum atomic E-state index is 13.1. The van der Waals surface area contributed by atoms with Crippen molar-refractivity contribution >= 4 is 5.97 Å². The van der Waals surface area contributed by atoms with Gasteiger partial charge in [-0.15, -0.1) is 0 Å². The number of hydrogen-bond donors (Lipinski definition) is 2. The van der Waals surface area contributed by atoms with Gasteiger partial charge in [-0.25, -0.2) is 0 Å². The van der Waals surface area contributed by atoms with Crippen LogP contribution in [-0.4, -0.2) is 29.1 Å². The summed E-state index contributed by atoms with van der Waals surface area (Å²) in [6.07, 6.45) is -0.0287. The first-order valence-corrected chi connectivity index (χ1v) is 9.67. The van der Waals surface area contributed by atoms with E-state index in [0.29, 0.717) is 13.0 Å². The van der Waals surface area contributed by atoms with Gasteiger partial charge in [0.1, 0.15) is 5.75 Å². The number of esters is 1. The third-order valence-corrected chi connectivity index (χ3v) is 4.91. The number of ether oxygens (including phenoxy) is 3. The first-order chi connectivity index (χ1) is 12.6. The molecule has 1 aromatic rings. The Kier molecular flexibility index (Phi) is 7.40. The molecule has 1 rings (SSSR count). The predicted molar refractivity (Wildman–Crippen MR) is 109 cm³/mol. The number of rotatable bonds is 7. The number of carbonyl (C=O) groups excluding carboxylic acids is 1. The highest BCUT2D eigenvalue weighted by Crippen LogP contribution is 2.48. The predicted octanol–water partition coefficient (Wildman–Crippen LogP) is 5.25. The summed E-state index contributed by atoms with van der Waals surface area (Å²) in [6, 6.07) is 2.51. The quantitative estimate of drug-likeness (QED) is 0.372. The van der Waals surface area contributed by atoms with E-state index in [4.69, 9.17) is 14.2 Å². The lowest BCUT2D eigenvalue weighted by molar-refractivity contribution is -0.154. The number of benzene rings is 1. The zero-order valence-corrected chi connectivity index (χ0v) is 18.7. The van der Waals surface area contributed by atoms with Crippen LogP contribution < -0.4 is 9.47 Å². The monoisotopic (exact) mass is 396 g/mol. The molecule has 2 atom stereocenters. The fraction of sp³-hybridized carbons (Fsp3) is 0.682. The van der Waals surface area contributed by atoms with Crippen LogP contribution in [0.3, 0.4) is 0 Å². The number of carbonyl (C=O) groups is 1. The lowest BCUT2D eigenvalue weighted by Crippen LogP contribution is -2.45. The van der Waals surface area contributed by atoms with Crippen LogP contribution in [-0.2, 0) is 9.53 Å². The van der Waals surface area contributed by atoms with Gasteiger partial charge in [-0.2, -0.15) is 0 Å². The highest BCUT2D eigenvalue weighted by Gasteiger charge is 2.48. The third kappa shape index (κ3) is 6.03. The number of aromatic hydroxyl groups is 2. The molecular weight excluding hydrogens is 360 g/mol. The summed E-state index contributed by atoms with van der Waals surface area (Å²) in [7, 11) is 0. The van der Waals surface area contributed by atoms with Crippen LogP contribution in [0.4, 0.5) is 0 Å². The summed E-state index contributed by atoms with van der Waals surface area (Å²) in [5.41, 5.74) is -1.20. The molecule has 6 nitrogen and oxygen atoms in total. The van der Waals surface area contributed by atoms with E-state index >= 15 is 0 Å². The van der Waals surface area contributed by atoms with Gasteiger partial charge in [-0.3, -0.25) is 4.79 Å². The van der Waals surface area contributed by atoms with Gasteiger partial charge >= 0.3 is 5.97 Å². The topological polar surface area (TPSA) is 85.2 Å². The summed E-state index contributed by atoms with van der Waals surface area (Å²) in [6.45, 7) is 18.0. The molecule has 0 spiro atoms. The second-order valence-corrected chi connectivity index (χ2v) is 9.64. The van der Waals surface area contributed by atoms with Crippen molar-refractivity contribution in [3.8, 4) is 23.0 Å². The smallest absolute Gasteiger partial charge is 0.317 e. The number of phenols is 2. The van der Waals surface area contributed by atoms with E-state index in [1.54, 1.807) is 6.92 Å². The largest absolute Gasteiger partial charge is 0.504 e. The fourth-order valence-corrected chi connectivity index (χ4v) is 3.11.